The summed E-state index contributed by atoms with van der Waals surface area (Å²) >= 11 is 1.76. The molecule has 0 aliphatic carbocycles. The summed E-state index contributed by atoms with van der Waals surface area (Å²) in [6, 6.07) is 15.9. The summed E-state index contributed by atoms with van der Waals surface area (Å²) in [6.45, 7) is 1.67. The molecule has 1 amide bonds. The fraction of sp³-hybridized carbons (Fsp3) is 0.320. The van der Waals surface area contributed by atoms with E-state index in [9.17, 15) is 4.79 Å². The molecule has 0 fully saturated rings. The Balaban J connectivity index is 1.57. The SMILES string of the molecule is COc1ccc(COc2nc(N3CCc4ccccc43)ncc2C(=O)NCCCSC)cc1. The minimum absolute atomic E-state index is 0.228. The number of aromatic nitrogens is 2. The van der Waals surface area contributed by atoms with Gasteiger partial charge in [0.05, 0.1) is 7.11 Å². The van der Waals surface area contributed by atoms with Crippen molar-refractivity contribution in [1.29, 1.82) is 0 Å². The molecule has 7 nitrogen and oxygen atoms in total. The molecule has 0 radical (unpaired) electrons. The van der Waals surface area contributed by atoms with Crippen LogP contribution in [-0.2, 0) is 13.0 Å². The lowest BCUT2D eigenvalue weighted by Crippen LogP contribution is -2.26. The summed E-state index contributed by atoms with van der Waals surface area (Å²) < 4.78 is 11.3. The third-order valence-electron chi connectivity index (χ3n) is 5.46. The first kappa shape index (κ1) is 22.9. The van der Waals surface area contributed by atoms with E-state index in [2.05, 4.69) is 38.6 Å². The number of nitrogens with zero attached hydrogens (tertiary/aromatic N) is 3. The van der Waals surface area contributed by atoms with Gasteiger partial charge >= 0.3 is 0 Å². The van der Waals surface area contributed by atoms with Crippen molar-refractivity contribution in [3.8, 4) is 11.6 Å². The third-order valence-corrected chi connectivity index (χ3v) is 6.16. The molecule has 1 aliphatic rings. The van der Waals surface area contributed by atoms with Crippen LogP contribution in [0.4, 0.5) is 11.6 Å². The number of amides is 1. The Labute approximate surface area is 198 Å². The number of carbonyl (C=O) groups excluding carboxylic acids is 1. The van der Waals surface area contributed by atoms with Crippen molar-refractivity contribution in [3.63, 3.8) is 0 Å². The molecule has 8 heteroatoms. The number of methoxy groups -OCH3 is 1. The molecule has 0 bridgehead atoms. The molecule has 2 aromatic carbocycles. The summed E-state index contributed by atoms with van der Waals surface area (Å²) in [5, 5.41) is 2.95. The minimum atomic E-state index is -0.228. The van der Waals surface area contributed by atoms with E-state index in [1.165, 1.54) is 5.56 Å². The fourth-order valence-electron chi connectivity index (χ4n) is 3.69. The van der Waals surface area contributed by atoms with Gasteiger partial charge in [0.2, 0.25) is 11.8 Å². The maximum atomic E-state index is 12.8. The number of para-hydroxylation sites is 1. The number of fused-ring (bicyclic) bond motifs is 1. The predicted octanol–water partition coefficient (Wildman–Crippen LogP) is 4.24. The molecular weight excluding hydrogens is 436 g/mol. The second-order valence-corrected chi connectivity index (χ2v) is 8.64. The average Bonchev–Trinajstić information content (AvgIpc) is 3.29. The molecule has 0 saturated carbocycles. The van der Waals surface area contributed by atoms with Gasteiger partial charge in [-0.3, -0.25) is 4.79 Å². The Bertz CT molecular complexity index is 1090. The van der Waals surface area contributed by atoms with E-state index in [0.717, 1.165) is 42.1 Å². The molecule has 4 rings (SSSR count). The van der Waals surface area contributed by atoms with Crippen molar-refractivity contribution in [1.82, 2.24) is 15.3 Å². The summed E-state index contributed by atoms with van der Waals surface area (Å²) in [4.78, 5) is 24.1. The molecule has 0 atom stereocenters. The summed E-state index contributed by atoms with van der Waals surface area (Å²) in [5.74, 6) is 2.35. The maximum Gasteiger partial charge on any atom is 0.258 e. The van der Waals surface area contributed by atoms with Crippen LogP contribution in [0, 0.1) is 0 Å². The zero-order chi connectivity index (χ0) is 23.0. The van der Waals surface area contributed by atoms with E-state index in [4.69, 9.17) is 9.47 Å². The standard InChI is InChI=1S/C25H28N4O3S/c1-31-20-10-8-18(9-11-20)17-32-24-21(23(30)26-13-5-15-33-2)16-27-25(28-24)29-14-12-19-6-3-4-7-22(19)29/h3-4,6-11,16H,5,12-15,17H2,1-2H3,(H,26,30). The van der Waals surface area contributed by atoms with Gasteiger partial charge in [-0.15, -0.1) is 0 Å². The van der Waals surface area contributed by atoms with E-state index in [-0.39, 0.29) is 18.4 Å². The zero-order valence-corrected chi connectivity index (χ0v) is 19.7. The third kappa shape index (κ3) is 5.57. The van der Waals surface area contributed by atoms with Gasteiger partial charge in [-0.05, 0) is 54.2 Å². The highest BCUT2D eigenvalue weighted by atomic mass is 32.2. The van der Waals surface area contributed by atoms with Crippen LogP contribution in [0.3, 0.4) is 0 Å². The van der Waals surface area contributed by atoms with Gasteiger partial charge in [0.1, 0.15) is 17.9 Å². The van der Waals surface area contributed by atoms with Crippen LogP contribution in [0.15, 0.2) is 54.7 Å². The lowest BCUT2D eigenvalue weighted by molar-refractivity contribution is 0.0948. The number of rotatable bonds is 10. The van der Waals surface area contributed by atoms with Crippen LogP contribution in [0.2, 0.25) is 0 Å². The van der Waals surface area contributed by atoms with Crippen molar-refractivity contribution in [2.75, 3.05) is 37.1 Å². The van der Waals surface area contributed by atoms with E-state index in [1.807, 2.05) is 36.4 Å². The normalized spacial score (nSPS) is 12.4. The molecule has 0 spiro atoms. The van der Waals surface area contributed by atoms with Crippen LogP contribution in [0.5, 0.6) is 11.6 Å². The van der Waals surface area contributed by atoms with E-state index < -0.39 is 0 Å². The van der Waals surface area contributed by atoms with E-state index in [1.54, 1.807) is 25.1 Å². The lowest BCUT2D eigenvalue weighted by Gasteiger charge is -2.19. The number of thioether (sulfide) groups is 1. The Morgan fingerprint density at radius 3 is 2.79 bits per heavy atom. The molecule has 33 heavy (non-hydrogen) atoms. The van der Waals surface area contributed by atoms with Gasteiger partial charge in [0.15, 0.2) is 0 Å². The first-order valence-corrected chi connectivity index (χ1v) is 12.3. The molecule has 1 aliphatic heterocycles. The van der Waals surface area contributed by atoms with Crippen molar-refractivity contribution in [2.24, 2.45) is 0 Å². The lowest BCUT2D eigenvalue weighted by atomic mass is 10.2. The van der Waals surface area contributed by atoms with Crippen LogP contribution in [0.25, 0.3) is 0 Å². The molecule has 0 unspecified atom stereocenters. The molecule has 2 heterocycles. The largest absolute Gasteiger partial charge is 0.497 e. The van der Waals surface area contributed by atoms with Crippen molar-refractivity contribution < 1.29 is 14.3 Å². The number of carbonyl (C=O) groups is 1. The van der Waals surface area contributed by atoms with E-state index >= 15 is 0 Å². The number of ether oxygens (including phenoxy) is 2. The molecule has 0 saturated heterocycles. The molecule has 1 N–H and O–H groups in total. The summed E-state index contributed by atoms with van der Waals surface area (Å²) in [5.41, 5.74) is 3.64. The second-order valence-electron chi connectivity index (χ2n) is 7.66. The zero-order valence-electron chi connectivity index (χ0n) is 18.9. The van der Waals surface area contributed by atoms with E-state index in [0.29, 0.717) is 18.1 Å². The van der Waals surface area contributed by atoms with Crippen LogP contribution >= 0.6 is 11.8 Å². The Kier molecular flexibility index (Phi) is 7.67. The first-order chi connectivity index (χ1) is 16.2. The summed E-state index contributed by atoms with van der Waals surface area (Å²) in [7, 11) is 1.63. The summed E-state index contributed by atoms with van der Waals surface area (Å²) in [6.07, 6.45) is 5.45. The monoisotopic (exact) mass is 464 g/mol. The quantitative estimate of drug-likeness (QED) is 0.450. The van der Waals surface area contributed by atoms with Gasteiger partial charge < -0.3 is 19.7 Å². The van der Waals surface area contributed by atoms with Crippen LogP contribution < -0.4 is 19.7 Å². The molecule has 172 valence electrons. The molecule has 3 aromatic rings. The van der Waals surface area contributed by atoms with Gasteiger partial charge in [0, 0.05) is 25.0 Å². The van der Waals surface area contributed by atoms with Gasteiger partial charge in [-0.2, -0.15) is 16.7 Å². The van der Waals surface area contributed by atoms with Crippen LogP contribution in [-0.4, -0.2) is 48.1 Å². The Morgan fingerprint density at radius 2 is 2.00 bits per heavy atom. The average molecular weight is 465 g/mol. The van der Waals surface area contributed by atoms with Crippen molar-refractivity contribution in [3.05, 3.63) is 71.4 Å². The first-order valence-electron chi connectivity index (χ1n) is 10.9. The fourth-order valence-corrected chi connectivity index (χ4v) is 4.12. The predicted molar refractivity (Wildman–Crippen MR) is 132 cm³/mol. The number of hydrogen-bond donors (Lipinski definition) is 1. The molecule has 1 aromatic heterocycles. The van der Waals surface area contributed by atoms with Crippen LogP contribution in [0.1, 0.15) is 27.9 Å². The number of nitrogens with one attached hydrogen (secondary N) is 1. The smallest absolute Gasteiger partial charge is 0.258 e. The number of hydrogen-bond acceptors (Lipinski definition) is 7. The van der Waals surface area contributed by atoms with Gasteiger partial charge in [-0.1, -0.05) is 30.3 Å². The van der Waals surface area contributed by atoms with Crippen molar-refractivity contribution in [2.45, 2.75) is 19.4 Å². The second kappa shape index (κ2) is 11.0. The highest BCUT2D eigenvalue weighted by molar-refractivity contribution is 7.98. The van der Waals surface area contributed by atoms with Gasteiger partial charge in [0.25, 0.3) is 5.91 Å². The maximum absolute atomic E-state index is 12.8. The Hall–Kier alpha value is -3.26. The topological polar surface area (TPSA) is 76.6 Å². The minimum Gasteiger partial charge on any atom is -0.497 e. The Morgan fingerprint density at radius 1 is 1.18 bits per heavy atom. The highest BCUT2D eigenvalue weighted by Gasteiger charge is 2.24. The number of benzene rings is 2. The molecular formula is C25H28N4O3S. The highest BCUT2D eigenvalue weighted by Crippen LogP contribution is 2.33. The number of anilines is 2. The van der Waals surface area contributed by atoms with Crippen molar-refractivity contribution >= 4 is 29.3 Å². The van der Waals surface area contributed by atoms with Gasteiger partial charge in [-0.25, -0.2) is 4.98 Å².